The van der Waals surface area contributed by atoms with Gasteiger partial charge in [-0.05, 0) is 42.3 Å². The van der Waals surface area contributed by atoms with Crippen LogP contribution in [0.1, 0.15) is 34.8 Å². The number of hydrogen-bond donors (Lipinski definition) is 0. The van der Waals surface area contributed by atoms with Crippen molar-refractivity contribution in [3.63, 3.8) is 0 Å². The Morgan fingerprint density at radius 1 is 1.29 bits per heavy atom. The molecule has 4 nitrogen and oxygen atoms in total. The fourth-order valence-corrected chi connectivity index (χ4v) is 2.49. The maximum atomic E-state index is 13.3. The third-order valence-electron chi connectivity index (χ3n) is 3.61. The zero-order chi connectivity index (χ0) is 17.3. The molecule has 24 heavy (non-hydrogen) atoms. The zero-order valence-electron chi connectivity index (χ0n) is 13.3. The highest BCUT2D eigenvalue weighted by Crippen LogP contribution is 2.37. The number of aryl methyl sites for hydroxylation is 1. The standard InChI is InChI=1S/C19H15FO4/c1-3-17(21)23-14-7-11(2)18-15(10-14)24-16(19(18)22)9-12-5-4-6-13(20)8-12/h4-10H,3H2,1-2H3/b16-9-. The van der Waals surface area contributed by atoms with Crippen LogP contribution in [0.15, 0.2) is 42.2 Å². The SMILES string of the molecule is CCC(=O)Oc1cc(C)c2c(c1)O/C(=C\c1cccc(F)c1)C2=O. The van der Waals surface area contributed by atoms with Gasteiger partial charge in [0.1, 0.15) is 17.3 Å². The number of benzene rings is 2. The Bertz CT molecular complexity index is 868. The summed E-state index contributed by atoms with van der Waals surface area (Å²) in [4.78, 5) is 23.9. The normalized spacial score (nSPS) is 14.5. The van der Waals surface area contributed by atoms with E-state index in [1.165, 1.54) is 24.3 Å². The lowest BCUT2D eigenvalue weighted by atomic mass is 10.0. The topological polar surface area (TPSA) is 52.6 Å². The number of fused-ring (bicyclic) bond motifs is 1. The molecule has 0 N–H and O–H groups in total. The summed E-state index contributed by atoms with van der Waals surface area (Å²) >= 11 is 0. The van der Waals surface area contributed by atoms with Gasteiger partial charge < -0.3 is 9.47 Å². The van der Waals surface area contributed by atoms with Gasteiger partial charge in [0.15, 0.2) is 5.76 Å². The molecule has 1 heterocycles. The molecule has 3 rings (SSSR count). The van der Waals surface area contributed by atoms with Gasteiger partial charge in [0.2, 0.25) is 5.78 Å². The molecule has 0 aromatic heterocycles. The van der Waals surface area contributed by atoms with E-state index in [0.717, 1.165) is 0 Å². The highest BCUT2D eigenvalue weighted by Gasteiger charge is 2.30. The van der Waals surface area contributed by atoms with Crippen LogP contribution in [-0.2, 0) is 4.79 Å². The molecule has 0 radical (unpaired) electrons. The molecule has 0 aliphatic carbocycles. The minimum Gasteiger partial charge on any atom is -0.452 e. The number of hydrogen-bond acceptors (Lipinski definition) is 4. The summed E-state index contributed by atoms with van der Waals surface area (Å²) in [6.07, 6.45) is 1.74. The highest BCUT2D eigenvalue weighted by molar-refractivity contribution is 6.15. The van der Waals surface area contributed by atoms with Crippen molar-refractivity contribution in [1.82, 2.24) is 0 Å². The van der Waals surface area contributed by atoms with E-state index >= 15 is 0 Å². The molecule has 0 unspecified atom stereocenters. The second kappa shape index (κ2) is 6.28. The first-order valence-electron chi connectivity index (χ1n) is 7.53. The lowest BCUT2D eigenvalue weighted by Crippen LogP contribution is -2.06. The van der Waals surface area contributed by atoms with Gasteiger partial charge in [-0.3, -0.25) is 9.59 Å². The van der Waals surface area contributed by atoms with Gasteiger partial charge in [0.25, 0.3) is 0 Å². The zero-order valence-corrected chi connectivity index (χ0v) is 13.3. The maximum absolute atomic E-state index is 13.3. The number of halogens is 1. The Hall–Kier alpha value is -2.95. The molecule has 0 saturated carbocycles. The number of carbonyl (C=O) groups is 2. The van der Waals surface area contributed by atoms with Gasteiger partial charge in [0.05, 0.1) is 5.56 Å². The monoisotopic (exact) mass is 326 g/mol. The molecule has 0 fully saturated rings. The summed E-state index contributed by atoms with van der Waals surface area (Å²) < 4.78 is 24.0. The Balaban J connectivity index is 1.95. The number of Topliss-reactive ketones (excluding diaryl/α,β-unsaturated/α-hetero) is 1. The van der Waals surface area contributed by atoms with Crippen LogP contribution in [0.5, 0.6) is 11.5 Å². The third kappa shape index (κ3) is 3.06. The molecule has 0 saturated heterocycles. The summed E-state index contributed by atoms with van der Waals surface area (Å²) in [5.41, 5.74) is 1.61. The van der Waals surface area contributed by atoms with Crippen LogP contribution in [0.3, 0.4) is 0 Å². The van der Waals surface area contributed by atoms with E-state index in [9.17, 15) is 14.0 Å². The van der Waals surface area contributed by atoms with Crippen LogP contribution in [0.25, 0.3) is 6.08 Å². The summed E-state index contributed by atoms with van der Waals surface area (Å²) in [7, 11) is 0. The molecule has 1 aliphatic heterocycles. The van der Waals surface area contributed by atoms with Crippen LogP contribution in [0.4, 0.5) is 4.39 Å². The number of ether oxygens (including phenoxy) is 2. The molecule has 122 valence electrons. The van der Waals surface area contributed by atoms with Crippen LogP contribution in [-0.4, -0.2) is 11.8 Å². The third-order valence-corrected chi connectivity index (χ3v) is 3.61. The first-order chi connectivity index (χ1) is 11.5. The Labute approximate surface area is 138 Å². The first-order valence-corrected chi connectivity index (χ1v) is 7.53. The van der Waals surface area contributed by atoms with E-state index < -0.39 is 5.82 Å². The maximum Gasteiger partial charge on any atom is 0.310 e. The molecule has 2 aromatic rings. The van der Waals surface area contributed by atoms with Gasteiger partial charge in [0, 0.05) is 12.5 Å². The summed E-state index contributed by atoms with van der Waals surface area (Å²) in [6.45, 7) is 3.44. The van der Waals surface area contributed by atoms with Gasteiger partial charge in [-0.25, -0.2) is 4.39 Å². The van der Waals surface area contributed by atoms with Crippen LogP contribution in [0.2, 0.25) is 0 Å². The predicted octanol–water partition coefficient (Wildman–Crippen LogP) is 4.07. The minimum atomic E-state index is -0.391. The van der Waals surface area contributed by atoms with Crippen molar-refractivity contribution < 1.29 is 23.5 Å². The Morgan fingerprint density at radius 3 is 2.79 bits per heavy atom. The number of carbonyl (C=O) groups excluding carboxylic acids is 2. The summed E-state index contributed by atoms with van der Waals surface area (Å²) in [5.74, 6) is -0.260. The van der Waals surface area contributed by atoms with Crippen molar-refractivity contribution in [2.24, 2.45) is 0 Å². The van der Waals surface area contributed by atoms with Crippen molar-refractivity contribution in [2.45, 2.75) is 20.3 Å². The summed E-state index contributed by atoms with van der Waals surface area (Å²) in [6, 6.07) is 9.01. The fourth-order valence-electron chi connectivity index (χ4n) is 2.49. The van der Waals surface area contributed by atoms with Gasteiger partial charge >= 0.3 is 5.97 Å². The number of rotatable bonds is 3. The largest absolute Gasteiger partial charge is 0.452 e. The molecular formula is C19H15FO4. The van der Waals surface area contributed by atoms with E-state index in [2.05, 4.69) is 0 Å². The van der Waals surface area contributed by atoms with Crippen molar-refractivity contribution in [3.05, 3.63) is 64.7 Å². The molecular weight excluding hydrogens is 311 g/mol. The predicted molar refractivity (Wildman–Crippen MR) is 86.4 cm³/mol. The average molecular weight is 326 g/mol. The molecule has 1 aliphatic rings. The highest BCUT2D eigenvalue weighted by atomic mass is 19.1. The van der Waals surface area contributed by atoms with Gasteiger partial charge in [-0.2, -0.15) is 0 Å². The number of esters is 1. The minimum absolute atomic E-state index is 0.109. The molecule has 0 bridgehead atoms. The lowest BCUT2D eigenvalue weighted by Gasteiger charge is -2.06. The second-order valence-electron chi connectivity index (χ2n) is 5.44. The van der Waals surface area contributed by atoms with Crippen molar-refractivity contribution >= 4 is 17.8 Å². The Morgan fingerprint density at radius 2 is 2.08 bits per heavy atom. The first kappa shape index (κ1) is 15.9. The quantitative estimate of drug-likeness (QED) is 0.485. The number of allylic oxidation sites excluding steroid dienone is 1. The van der Waals surface area contributed by atoms with Crippen molar-refractivity contribution in [3.8, 4) is 11.5 Å². The Kier molecular flexibility index (Phi) is 4.16. The second-order valence-corrected chi connectivity index (χ2v) is 5.44. The van der Waals surface area contributed by atoms with Crippen LogP contribution in [0, 0.1) is 12.7 Å². The van der Waals surface area contributed by atoms with Crippen LogP contribution >= 0.6 is 0 Å². The molecule has 2 aromatic carbocycles. The van der Waals surface area contributed by atoms with Gasteiger partial charge in [-0.1, -0.05) is 19.1 Å². The van der Waals surface area contributed by atoms with Crippen molar-refractivity contribution in [1.29, 1.82) is 0 Å². The van der Waals surface area contributed by atoms with E-state index in [1.807, 2.05) is 0 Å². The van der Waals surface area contributed by atoms with Crippen LogP contribution < -0.4 is 9.47 Å². The van der Waals surface area contributed by atoms with E-state index in [-0.39, 0.29) is 23.9 Å². The van der Waals surface area contributed by atoms with E-state index in [0.29, 0.717) is 28.2 Å². The lowest BCUT2D eigenvalue weighted by molar-refractivity contribution is -0.134. The average Bonchev–Trinajstić information content (AvgIpc) is 2.83. The number of ketones is 1. The van der Waals surface area contributed by atoms with E-state index in [4.69, 9.17) is 9.47 Å². The molecule has 5 heteroatoms. The molecule has 0 spiro atoms. The molecule has 0 atom stereocenters. The van der Waals surface area contributed by atoms with E-state index in [1.54, 1.807) is 32.0 Å². The van der Waals surface area contributed by atoms with Gasteiger partial charge in [-0.15, -0.1) is 0 Å². The molecule has 0 amide bonds. The van der Waals surface area contributed by atoms with Crippen molar-refractivity contribution in [2.75, 3.05) is 0 Å². The fraction of sp³-hybridized carbons (Fsp3) is 0.158. The summed E-state index contributed by atoms with van der Waals surface area (Å²) in [5, 5.41) is 0. The smallest absolute Gasteiger partial charge is 0.310 e.